The molecule has 0 radical (unpaired) electrons. The molecule has 0 saturated carbocycles. The van der Waals surface area contributed by atoms with E-state index >= 15 is 0 Å². The summed E-state index contributed by atoms with van der Waals surface area (Å²) >= 11 is 0. The Bertz CT molecular complexity index is 110. The zero-order chi connectivity index (χ0) is 10.6. The summed E-state index contributed by atoms with van der Waals surface area (Å²) in [7, 11) is 4.17. The minimum absolute atomic E-state index is 0.121. The largest absolute Gasteiger partial charge is 0.394 e. The molecule has 0 atom stereocenters. The molecule has 0 heterocycles. The highest BCUT2D eigenvalue weighted by atomic mass is 16.5. The van der Waals surface area contributed by atoms with Crippen molar-refractivity contribution < 1.29 is 9.84 Å². The van der Waals surface area contributed by atoms with Gasteiger partial charge in [-0.1, -0.05) is 0 Å². The number of nitrogens with one attached hydrogen (secondary N) is 1. The molecule has 0 aliphatic rings. The Morgan fingerprint density at radius 2 is 1.86 bits per heavy atom. The molecule has 0 fully saturated rings. The Morgan fingerprint density at radius 1 is 1.14 bits per heavy atom. The van der Waals surface area contributed by atoms with E-state index in [1.807, 2.05) is 0 Å². The summed E-state index contributed by atoms with van der Waals surface area (Å²) in [6, 6.07) is 0. The first-order chi connectivity index (χ1) is 6.77. The van der Waals surface area contributed by atoms with Crippen LogP contribution in [0.2, 0.25) is 0 Å². The fraction of sp³-hybridized carbons (Fsp3) is 1.00. The van der Waals surface area contributed by atoms with E-state index in [9.17, 15) is 0 Å². The van der Waals surface area contributed by atoms with Crippen LogP contribution < -0.4 is 5.32 Å². The van der Waals surface area contributed by atoms with Crippen molar-refractivity contribution >= 4 is 0 Å². The van der Waals surface area contributed by atoms with Crippen LogP contribution in [0.25, 0.3) is 0 Å². The van der Waals surface area contributed by atoms with E-state index in [4.69, 9.17) is 9.84 Å². The lowest BCUT2D eigenvalue weighted by Gasteiger charge is -2.09. The standard InChI is InChI=1S/C10H24N2O2/c1-12(2)7-3-5-11-6-4-9-14-10-8-13/h11,13H,3-10H2,1-2H3. The fourth-order valence-corrected chi connectivity index (χ4v) is 1.11. The quantitative estimate of drug-likeness (QED) is 0.489. The smallest absolute Gasteiger partial charge is 0.0697 e. The van der Waals surface area contributed by atoms with Gasteiger partial charge in [0.15, 0.2) is 0 Å². The number of aliphatic hydroxyl groups is 1. The number of hydrogen-bond donors (Lipinski definition) is 2. The molecule has 2 N–H and O–H groups in total. The van der Waals surface area contributed by atoms with Crippen molar-refractivity contribution in [1.82, 2.24) is 10.2 Å². The summed E-state index contributed by atoms with van der Waals surface area (Å²) < 4.78 is 5.13. The first-order valence-electron chi connectivity index (χ1n) is 5.31. The average molecular weight is 204 g/mol. The molecule has 4 nitrogen and oxygen atoms in total. The van der Waals surface area contributed by atoms with Gasteiger partial charge in [0.05, 0.1) is 13.2 Å². The van der Waals surface area contributed by atoms with Crippen LogP contribution in [0.4, 0.5) is 0 Å². The molecule has 0 amide bonds. The summed E-state index contributed by atoms with van der Waals surface area (Å²) in [5.74, 6) is 0. The van der Waals surface area contributed by atoms with Crippen LogP contribution in [0, 0.1) is 0 Å². The monoisotopic (exact) mass is 204 g/mol. The van der Waals surface area contributed by atoms with E-state index in [0.717, 1.165) is 32.7 Å². The van der Waals surface area contributed by atoms with Gasteiger partial charge < -0.3 is 20.1 Å². The van der Waals surface area contributed by atoms with Crippen molar-refractivity contribution in [2.75, 3.05) is 53.6 Å². The average Bonchev–Trinajstić information content (AvgIpc) is 2.15. The van der Waals surface area contributed by atoms with Crippen molar-refractivity contribution in [2.24, 2.45) is 0 Å². The second kappa shape index (κ2) is 10.9. The van der Waals surface area contributed by atoms with Crippen LogP contribution >= 0.6 is 0 Å². The molecule has 0 aromatic heterocycles. The summed E-state index contributed by atoms with van der Waals surface area (Å²) in [6.45, 7) is 4.52. The SMILES string of the molecule is CN(C)CCCNCCCOCCO. The van der Waals surface area contributed by atoms with Gasteiger partial charge in [-0.05, 0) is 46.6 Å². The third kappa shape index (κ3) is 11.8. The van der Waals surface area contributed by atoms with Gasteiger partial charge in [-0.2, -0.15) is 0 Å². The molecule has 0 aliphatic heterocycles. The van der Waals surface area contributed by atoms with Gasteiger partial charge in [-0.15, -0.1) is 0 Å². The van der Waals surface area contributed by atoms with E-state index in [1.54, 1.807) is 0 Å². The van der Waals surface area contributed by atoms with Crippen molar-refractivity contribution in [3.63, 3.8) is 0 Å². The molecular weight excluding hydrogens is 180 g/mol. The van der Waals surface area contributed by atoms with E-state index in [2.05, 4.69) is 24.3 Å². The lowest BCUT2D eigenvalue weighted by atomic mass is 10.4. The Morgan fingerprint density at radius 3 is 2.50 bits per heavy atom. The fourth-order valence-electron chi connectivity index (χ4n) is 1.11. The predicted octanol–water partition coefficient (Wildman–Crippen LogP) is -0.0733. The maximum Gasteiger partial charge on any atom is 0.0697 e. The zero-order valence-electron chi connectivity index (χ0n) is 9.46. The van der Waals surface area contributed by atoms with Crippen LogP contribution in [0.1, 0.15) is 12.8 Å². The molecule has 0 aromatic carbocycles. The van der Waals surface area contributed by atoms with Crippen LogP contribution in [-0.2, 0) is 4.74 Å². The third-order valence-corrected chi connectivity index (χ3v) is 1.84. The second-order valence-electron chi connectivity index (χ2n) is 3.60. The summed E-state index contributed by atoms with van der Waals surface area (Å²) in [5.41, 5.74) is 0. The zero-order valence-corrected chi connectivity index (χ0v) is 9.46. The van der Waals surface area contributed by atoms with Crippen LogP contribution in [0.3, 0.4) is 0 Å². The van der Waals surface area contributed by atoms with Crippen LogP contribution in [-0.4, -0.2) is 63.6 Å². The lowest BCUT2D eigenvalue weighted by molar-refractivity contribution is 0.0907. The second-order valence-corrected chi connectivity index (χ2v) is 3.60. The first kappa shape index (κ1) is 13.8. The number of nitrogens with zero attached hydrogens (tertiary/aromatic N) is 1. The highest BCUT2D eigenvalue weighted by Gasteiger charge is 1.91. The predicted molar refractivity (Wildman–Crippen MR) is 58.6 cm³/mol. The van der Waals surface area contributed by atoms with E-state index in [1.165, 1.54) is 6.42 Å². The molecule has 0 aromatic rings. The van der Waals surface area contributed by atoms with E-state index < -0.39 is 0 Å². The third-order valence-electron chi connectivity index (χ3n) is 1.84. The van der Waals surface area contributed by atoms with Gasteiger partial charge in [-0.25, -0.2) is 0 Å². The number of rotatable bonds is 10. The minimum Gasteiger partial charge on any atom is -0.394 e. The van der Waals surface area contributed by atoms with Gasteiger partial charge in [0.2, 0.25) is 0 Å². The van der Waals surface area contributed by atoms with Gasteiger partial charge in [0.1, 0.15) is 0 Å². The molecule has 0 saturated heterocycles. The lowest BCUT2D eigenvalue weighted by Crippen LogP contribution is -2.22. The Labute approximate surface area is 87.2 Å². The summed E-state index contributed by atoms with van der Waals surface area (Å²) in [6.07, 6.45) is 2.20. The molecule has 0 aliphatic carbocycles. The van der Waals surface area contributed by atoms with E-state index in [0.29, 0.717) is 6.61 Å². The highest BCUT2D eigenvalue weighted by Crippen LogP contribution is 1.83. The van der Waals surface area contributed by atoms with Crippen LogP contribution in [0.5, 0.6) is 0 Å². The minimum atomic E-state index is 0.121. The van der Waals surface area contributed by atoms with Crippen molar-refractivity contribution in [2.45, 2.75) is 12.8 Å². The summed E-state index contributed by atoms with van der Waals surface area (Å²) in [4.78, 5) is 2.19. The molecular formula is C10H24N2O2. The normalized spacial score (nSPS) is 11.1. The van der Waals surface area contributed by atoms with Gasteiger partial charge in [-0.3, -0.25) is 0 Å². The van der Waals surface area contributed by atoms with Crippen molar-refractivity contribution in [3.8, 4) is 0 Å². The Kier molecular flexibility index (Phi) is 10.8. The Balaban J connectivity index is 2.85. The Hall–Kier alpha value is -0.160. The topological polar surface area (TPSA) is 44.7 Å². The summed E-state index contributed by atoms with van der Waals surface area (Å²) in [5, 5.41) is 11.8. The molecule has 0 unspecified atom stereocenters. The van der Waals surface area contributed by atoms with Gasteiger partial charge in [0.25, 0.3) is 0 Å². The first-order valence-corrected chi connectivity index (χ1v) is 5.31. The molecule has 4 heteroatoms. The van der Waals surface area contributed by atoms with E-state index in [-0.39, 0.29) is 6.61 Å². The molecule has 14 heavy (non-hydrogen) atoms. The molecule has 0 spiro atoms. The maximum absolute atomic E-state index is 8.45. The molecule has 0 rings (SSSR count). The number of aliphatic hydroxyl groups excluding tert-OH is 1. The molecule has 0 bridgehead atoms. The van der Waals surface area contributed by atoms with Gasteiger partial charge in [0, 0.05) is 6.61 Å². The van der Waals surface area contributed by atoms with Crippen LogP contribution in [0.15, 0.2) is 0 Å². The van der Waals surface area contributed by atoms with Crippen molar-refractivity contribution in [3.05, 3.63) is 0 Å². The highest BCUT2D eigenvalue weighted by molar-refractivity contribution is 4.50. The van der Waals surface area contributed by atoms with Crippen molar-refractivity contribution in [1.29, 1.82) is 0 Å². The number of hydrogen-bond acceptors (Lipinski definition) is 4. The number of ether oxygens (including phenoxy) is 1. The van der Waals surface area contributed by atoms with Gasteiger partial charge >= 0.3 is 0 Å². The maximum atomic E-state index is 8.45. The molecule has 86 valence electrons.